The van der Waals surface area contributed by atoms with Crippen LogP contribution in [0.15, 0.2) is 23.2 Å². The number of rotatable bonds is 5. The highest BCUT2D eigenvalue weighted by molar-refractivity contribution is 5.93. The molecule has 21 heavy (non-hydrogen) atoms. The van der Waals surface area contributed by atoms with Gasteiger partial charge in [-0.1, -0.05) is 0 Å². The Morgan fingerprint density at radius 2 is 1.86 bits per heavy atom. The highest BCUT2D eigenvalue weighted by Gasteiger charge is 2.26. The average molecular weight is 305 g/mol. The van der Waals surface area contributed by atoms with E-state index in [2.05, 4.69) is 15.6 Å². The standard InChI is InChI=1S/C13H18F3N3O2/c1-17-12(18-7-6-13(14,15)16)19-9-4-5-10(20-2)11(8-9)21-3/h4-5,8H,6-7H2,1-3H3,(H2,17,18,19). The smallest absolute Gasteiger partial charge is 0.390 e. The van der Waals surface area contributed by atoms with Crippen molar-refractivity contribution in [2.75, 3.05) is 33.1 Å². The molecule has 0 bridgehead atoms. The number of guanidine groups is 1. The van der Waals surface area contributed by atoms with Gasteiger partial charge in [-0.3, -0.25) is 4.99 Å². The number of ether oxygens (including phenoxy) is 2. The summed E-state index contributed by atoms with van der Waals surface area (Å²) in [5, 5.41) is 5.46. The SMILES string of the molecule is CN=C(NCCC(F)(F)F)Nc1ccc(OC)c(OC)c1. The van der Waals surface area contributed by atoms with Crippen molar-refractivity contribution in [3.63, 3.8) is 0 Å². The molecule has 0 aliphatic carbocycles. The molecule has 1 aromatic rings. The topological polar surface area (TPSA) is 54.9 Å². The minimum Gasteiger partial charge on any atom is -0.493 e. The third-order valence-electron chi connectivity index (χ3n) is 2.57. The lowest BCUT2D eigenvalue weighted by molar-refractivity contribution is -0.132. The fraction of sp³-hybridized carbons (Fsp3) is 0.462. The largest absolute Gasteiger partial charge is 0.493 e. The van der Waals surface area contributed by atoms with E-state index in [0.717, 1.165) is 0 Å². The Balaban J connectivity index is 2.65. The molecule has 0 fully saturated rings. The van der Waals surface area contributed by atoms with Gasteiger partial charge in [-0.15, -0.1) is 0 Å². The van der Waals surface area contributed by atoms with Crippen molar-refractivity contribution >= 4 is 11.6 Å². The first-order chi connectivity index (χ1) is 9.89. The van der Waals surface area contributed by atoms with Crippen LogP contribution < -0.4 is 20.1 Å². The molecule has 5 nitrogen and oxygen atoms in total. The van der Waals surface area contributed by atoms with E-state index < -0.39 is 12.6 Å². The van der Waals surface area contributed by atoms with E-state index >= 15 is 0 Å². The first-order valence-corrected chi connectivity index (χ1v) is 6.16. The van der Waals surface area contributed by atoms with Crippen molar-refractivity contribution in [2.24, 2.45) is 4.99 Å². The summed E-state index contributed by atoms with van der Waals surface area (Å²) in [5.41, 5.74) is 0.618. The molecule has 1 rings (SSSR count). The summed E-state index contributed by atoms with van der Waals surface area (Å²) in [6, 6.07) is 5.05. The number of nitrogens with one attached hydrogen (secondary N) is 2. The Morgan fingerprint density at radius 1 is 1.19 bits per heavy atom. The minimum absolute atomic E-state index is 0.242. The molecule has 0 saturated heterocycles. The van der Waals surface area contributed by atoms with Gasteiger partial charge in [0.15, 0.2) is 17.5 Å². The van der Waals surface area contributed by atoms with E-state index in [-0.39, 0.29) is 12.5 Å². The molecule has 0 amide bonds. The summed E-state index contributed by atoms with van der Waals surface area (Å²) < 4.78 is 46.5. The predicted octanol–water partition coefficient (Wildman–Crippen LogP) is 2.64. The molecule has 0 spiro atoms. The number of halogens is 3. The molecule has 8 heteroatoms. The van der Waals surface area contributed by atoms with Crippen LogP contribution in [-0.4, -0.2) is 39.9 Å². The Bertz CT molecular complexity index is 490. The van der Waals surface area contributed by atoms with Crippen molar-refractivity contribution in [1.82, 2.24) is 5.32 Å². The molecule has 0 unspecified atom stereocenters. The Morgan fingerprint density at radius 3 is 2.38 bits per heavy atom. The van der Waals surface area contributed by atoms with Crippen LogP contribution in [0.2, 0.25) is 0 Å². The van der Waals surface area contributed by atoms with Crippen LogP contribution in [0.4, 0.5) is 18.9 Å². The zero-order valence-electron chi connectivity index (χ0n) is 12.0. The Hall–Kier alpha value is -2.12. The number of nitrogens with zero attached hydrogens (tertiary/aromatic N) is 1. The summed E-state index contributed by atoms with van der Waals surface area (Å²) in [7, 11) is 4.49. The monoisotopic (exact) mass is 305 g/mol. The van der Waals surface area contributed by atoms with Crippen LogP contribution in [-0.2, 0) is 0 Å². The third-order valence-corrected chi connectivity index (χ3v) is 2.57. The van der Waals surface area contributed by atoms with E-state index in [1.165, 1.54) is 21.3 Å². The number of aliphatic imine (C=N–C) groups is 1. The van der Waals surface area contributed by atoms with Crippen molar-refractivity contribution in [2.45, 2.75) is 12.6 Å². The second-order valence-electron chi connectivity index (χ2n) is 4.06. The van der Waals surface area contributed by atoms with Gasteiger partial charge in [0.1, 0.15) is 0 Å². The van der Waals surface area contributed by atoms with Gasteiger partial charge in [-0.05, 0) is 12.1 Å². The van der Waals surface area contributed by atoms with Crippen molar-refractivity contribution in [1.29, 1.82) is 0 Å². The first kappa shape index (κ1) is 16.9. The fourth-order valence-corrected chi connectivity index (χ4v) is 1.55. The van der Waals surface area contributed by atoms with Crippen LogP contribution in [0, 0.1) is 0 Å². The van der Waals surface area contributed by atoms with Gasteiger partial charge in [0, 0.05) is 25.3 Å². The summed E-state index contributed by atoms with van der Waals surface area (Å²) >= 11 is 0. The normalized spacial score (nSPS) is 12.0. The molecule has 0 aliphatic heterocycles. The lowest BCUT2D eigenvalue weighted by Crippen LogP contribution is -2.33. The lowest BCUT2D eigenvalue weighted by Gasteiger charge is -2.14. The van der Waals surface area contributed by atoms with Gasteiger partial charge in [0.05, 0.1) is 20.6 Å². The Labute approximate surface area is 121 Å². The molecule has 0 heterocycles. The number of hydrogen-bond acceptors (Lipinski definition) is 3. The molecular formula is C13H18F3N3O2. The number of methoxy groups -OCH3 is 2. The van der Waals surface area contributed by atoms with Crippen molar-refractivity contribution in [3.05, 3.63) is 18.2 Å². The maximum Gasteiger partial charge on any atom is 0.390 e. The first-order valence-electron chi connectivity index (χ1n) is 6.16. The zero-order valence-corrected chi connectivity index (χ0v) is 12.0. The highest BCUT2D eigenvalue weighted by atomic mass is 19.4. The maximum atomic E-state index is 12.1. The quantitative estimate of drug-likeness (QED) is 0.648. The second-order valence-corrected chi connectivity index (χ2v) is 4.06. The number of benzene rings is 1. The zero-order chi connectivity index (χ0) is 15.9. The molecule has 1 aromatic carbocycles. The molecule has 118 valence electrons. The van der Waals surface area contributed by atoms with Gasteiger partial charge in [0.2, 0.25) is 0 Å². The Kier molecular flexibility index (Phi) is 6.13. The molecule has 0 atom stereocenters. The van der Waals surface area contributed by atoms with Crippen LogP contribution in [0.1, 0.15) is 6.42 Å². The fourth-order valence-electron chi connectivity index (χ4n) is 1.55. The second kappa shape index (κ2) is 7.61. The summed E-state index contributed by atoms with van der Waals surface area (Å²) in [4.78, 5) is 3.86. The summed E-state index contributed by atoms with van der Waals surface area (Å²) in [6.07, 6.45) is -5.13. The van der Waals surface area contributed by atoms with Crippen LogP contribution in [0.5, 0.6) is 11.5 Å². The van der Waals surface area contributed by atoms with Gasteiger partial charge in [0.25, 0.3) is 0 Å². The molecule has 0 radical (unpaired) electrons. The number of anilines is 1. The molecular weight excluding hydrogens is 287 g/mol. The molecule has 0 aromatic heterocycles. The number of hydrogen-bond donors (Lipinski definition) is 2. The van der Waals surface area contributed by atoms with E-state index in [4.69, 9.17) is 9.47 Å². The molecule has 0 saturated carbocycles. The van der Waals surface area contributed by atoms with Crippen LogP contribution in [0.3, 0.4) is 0 Å². The molecule has 0 aliphatic rings. The van der Waals surface area contributed by atoms with Gasteiger partial charge < -0.3 is 20.1 Å². The van der Waals surface area contributed by atoms with Gasteiger partial charge >= 0.3 is 6.18 Å². The van der Waals surface area contributed by atoms with Crippen molar-refractivity contribution in [3.8, 4) is 11.5 Å². The van der Waals surface area contributed by atoms with E-state index in [9.17, 15) is 13.2 Å². The van der Waals surface area contributed by atoms with Crippen LogP contribution >= 0.6 is 0 Å². The third kappa shape index (κ3) is 5.80. The summed E-state index contributed by atoms with van der Waals surface area (Å²) in [6.45, 7) is -0.254. The molecule has 2 N–H and O–H groups in total. The van der Waals surface area contributed by atoms with Crippen molar-refractivity contribution < 1.29 is 22.6 Å². The van der Waals surface area contributed by atoms with Gasteiger partial charge in [-0.2, -0.15) is 13.2 Å². The lowest BCUT2D eigenvalue weighted by atomic mass is 10.2. The number of alkyl halides is 3. The minimum atomic E-state index is -4.20. The maximum absolute atomic E-state index is 12.1. The van der Waals surface area contributed by atoms with E-state index in [0.29, 0.717) is 17.2 Å². The average Bonchev–Trinajstić information content (AvgIpc) is 2.44. The van der Waals surface area contributed by atoms with Gasteiger partial charge in [-0.25, -0.2) is 0 Å². The van der Waals surface area contributed by atoms with E-state index in [1.807, 2.05) is 0 Å². The van der Waals surface area contributed by atoms with E-state index in [1.54, 1.807) is 18.2 Å². The highest BCUT2D eigenvalue weighted by Crippen LogP contribution is 2.29. The van der Waals surface area contributed by atoms with Crippen LogP contribution in [0.25, 0.3) is 0 Å². The predicted molar refractivity (Wildman–Crippen MR) is 75.2 cm³/mol. The summed E-state index contributed by atoms with van der Waals surface area (Å²) in [5.74, 6) is 1.31.